The van der Waals surface area contributed by atoms with Crippen LogP contribution in [0.5, 0.6) is 0 Å². The number of carbonyl (C=O) groups excluding carboxylic acids is 2. The molecule has 0 aliphatic carbocycles. The van der Waals surface area contributed by atoms with Crippen LogP contribution in [0, 0.1) is 6.92 Å². The molecule has 5 nitrogen and oxygen atoms in total. The molecule has 0 saturated heterocycles. The van der Waals surface area contributed by atoms with Crippen molar-refractivity contribution in [3.8, 4) is 10.6 Å². The summed E-state index contributed by atoms with van der Waals surface area (Å²) < 4.78 is 0. The van der Waals surface area contributed by atoms with Crippen LogP contribution in [0.4, 0.5) is 0 Å². The highest BCUT2D eigenvalue weighted by Crippen LogP contribution is 2.27. The topological polar surface area (TPSA) is 71.1 Å². The van der Waals surface area contributed by atoms with Gasteiger partial charge in [0.2, 0.25) is 0 Å². The molecule has 3 aromatic rings. The zero-order chi connectivity index (χ0) is 19.2. The van der Waals surface area contributed by atoms with Crippen LogP contribution >= 0.6 is 23.1 Å². The molecular formula is C20H19N3O2S2. The molecule has 3 rings (SSSR count). The Morgan fingerprint density at radius 2 is 1.67 bits per heavy atom. The van der Waals surface area contributed by atoms with Crippen molar-refractivity contribution in [2.45, 2.75) is 12.7 Å². The van der Waals surface area contributed by atoms with Crippen LogP contribution in [0.1, 0.15) is 31.3 Å². The number of hydrogen-bond acceptors (Lipinski definition) is 5. The molecule has 2 aromatic carbocycles. The molecule has 0 bridgehead atoms. The molecule has 0 unspecified atom stereocenters. The number of aryl methyl sites for hydroxylation is 1. The average Bonchev–Trinajstić information content (AvgIpc) is 3.09. The Kier molecular flexibility index (Phi) is 6.26. The molecule has 7 heteroatoms. The number of hydrazine groups is 1. The zero-order valence-electron chi connectivity index (χ0n) is 15.0. The summed E-state index contributed by atoms with van der Waals surface area (Å²) in [5.74, 6) is 0.163. The van der Waals surface area contributed by atoms with Gasteiger partial charge in [0.1, 0.15) is 9.88 Å². The fourth-order valence-electron chi connectivity index (χ4n) is 2.47. The van der Waals surface area contributed by atoms with E-state index in [-0.39, 0.29) is 11.8 Å². The van der Waals surface area contributed by atoms with E-state index in [0.29, 0.717) is 16.1 Å². The van der Waals surface area contributed by atoms with Crippen LogP contribution in [-0.2, 0) is 5.75 Å². The summed E-state index contributed by atoms with van der Waals surface area (Å²) in [7, 11) is 0. The van der Waals surface area contributed by atoms with Crippen molar-refractivity contribution in [3.63, 3.8) is 0 Å². The molecule has 1 aromatic heterocycles. The van der Waals surface area contributed by atoms with Gasteiger partial charge in [-0.1, -0.05) is 42.5 Å². The Morgan fingerprint density at radius 1 is 1.00 bits per heavy atom. The molecule has 27 heavy (non-hydrogen) atoms. The van der Waals surface area contributed by atoms with E-state index in [1.54, 1.807) is 30.8 Å². The second-order valence-corrected chi connectivity index (χ2v) is 7.70. The maximum Gasteiger partial charge on any atom is 0.281 e. The van der Waals surface area contributed by atoms with Gasteiger partial charge in [0.15, 0.2) is 0 Å². The van der Waals surface area contributed by atoms with Crippen molar-refractivity contribution in [1.29, 1.82) is 0 Å². The zero-order valence-corrected chi connectivity index (χ0v) is 16.6. The molecule has 0 atom stereocenters. The highest BCUT2D eigenvalue weighted by Gasteiger charge is 2.17. The number of hydrogen-bond donors (Lipinski definition) is 2. The number of carbonyl (C=O) groups is 2. The van der Waals surface area contributed by atoms with Crippen LogP contribution in [0.15, 0.2) is 54.6 Å². The van der Waals surface area contributed by atoms with E-state index >= 15 is 0 Å². The SMILES string of the molecule is CSCc1ccc(C(=O)NNC(=O)c2sc(-c3ccccc3)nc2C)cc1. The normalized spacial score (nSPS) is 10.4. The maximum atomic E-state index is 12.4. The molecule has 138 valence electrons. The lowest BCUT2D eigenvalue weighted by Gasteiger charge is -2.07. The van der Waals surface area contributed by atoms with Crippen LogP contribution in [0.3, 0.4) is 0 Å². The monoisotopic (exact) mass is 397 g/mol. The minimum absolute atomic E-state index is 0.357. The third kappa shape index (κ3) is 4.75. The first-order valence-corrected chi connectivity index (χ1v) is 10.5. The van der Waals surface area contributed by atoms with E-state index in [1.165, 1.54) is 11.3 Å². The largest absolute Gasteiger partial charge is 0.281 e. The third-order valence-electron chi connectivity index (χ3n) is 3.84. The maximum absolute atomic E-state index is 12.4. The van der Waals surface area contributed by atoms with Crippen LogP contribution in [0.25, 0.3) is 10.6 Å². The van der Waals surface area contributed by atoms with Crippen molar-refractivity contribution in [2.75, 3.05) is 6.26 Å². The lowest BCUT2D eigenvalue weighted by Crippen LogP contribution is -2.41. The Bertz CT molecular complexity index is 938. The number of nitrogens with one attached hydrogen (secondary N) is 2. The smallest absolute Gasteiger partial charge is 0.267 e. The summed E-state index contributed by atoms with van der Waals surface area (Å²) in [5.41, 5.74) is 8.16. The van der Waals surface area contributed by atoms with Gasteiger partial charge in [-0.15, -0.1) is 11.3 Å². The van der Waals surface area contributed by atoms with Gasteiger partial charge in [0.05, 0.1) is 5.69 Å². The van der Waals surface area contributed by atoms with Gasteiger partial charge in [-0.3, -0.25) is 20.4 Å². The molecule has 0 aliphatic rings. The van der Waals surface area contributed by atoms with Gasteiger partial charge in [-0.2, -0.15) is 11.8 Å². The minimum Gasteiger partial charge on any atom is -0.267 e. The number of rotatable bonds is 5. The predicted octanol–water partition coefficient (Wildman–Crippen LogP) is 4.06. The fraction of sp³-hybridized carbons (Fsp3) is 0.150. The highest BCUT2D eigenvalue weighted by molar-refractivity contribution is 7.97. The van der Waals surface area contributed by atoms with E-state index in [1.807, 2.05) is 48.7 Å². The van der Waals surface area contributed by atoms with Crippen molar-refractivity contribution < 1.29 is 9.59 Å². The number of thiazole rings is 1. The Labute approximate surface area is 166 Å². The summed E-state index contributed by atoms with van der Waals surface area (Å²) in [6.07, 6.45) is 2.03. The van der Waals surface area contributed by atoms with Gasteiger partial charge in [-0.25, -0.2) is 4.98 Å². The van der Waals surface area contributed by atoms with Gasteiger partial charge in [0.25, 0.3) is 11.8 Å². The van der Waals surface area contributed by atoms with Crippen molar-refractivity contribution in [3.05, 3.63) is 76.3 Å². The van der Waals surface area contributed by atoms with Gasteiger partial charge < -0.3 is 0 Å². The summed E-state index contributed by atoms with van der Waals surface area (Å²) in [4.78, 5) is 29.6. The minimum atomic E-state index is -0.375. The van der Waals surface area contributed by atoms with Gasteiger partial charge in [-0.05, 0) is 30.9 Å². The molecule has 2 N–H and O–H groups in total. The number of nitrogens with zero attached hydrogens (tertiary/aromatic N) is 1. The van der Waals surface area contributed by atoms with E-state index in [0.717, 1.165) is 21.9 Å². The molecular weight excluding hydrogens is 378 g/mol. The molecule has 0 radical (unpaired) electrons. The molecule has 0 spiro atoms. The van der Waals surface area contributed by atoms with Crippen LogP contribution in [0.2, 0.25) is 0 Å². The Morgan fingerprint density at radius 3 is 2.33 bits per heavy atom. The first-order valence-electron chi connectivity index (χ1n) is 8.30. The molecule has 1 heterocycles. The standard InChI is InChI=1S/C20H19N3O2S2/c1-13-17(27-20(21-13)16-6-4-3-5-7-16)19(25)23-22-18(24)15-10-8-14(9-11-15)12-26-2/h3-11H,12H2,1-2H3,(H,22,24)(H,23,25). The highest BCUT2D eigenvalue weighted by atomic mass is 32.2. The van der Waals surface area contributed by atoms with Gasteiger partial charge >= 0.3 is 0 Å². The number of benzene rings is 2. The number of thioether (sulfide) groups is 1. The Hall–Kier alpha value is -2.64. The lowest BCUT2D eigenvalue weighted by molar-refractivity contribution is 0.0848. The van der Waals surface area contributed by atoms with E-state index in [4.69, 9.17) is 0 Å². The number of aromatic nitrogens is 1. The van der Waals surface area contributed by atoms with E-state index in [9.17, 15) is 9.59 Å². The van der Waals surface area contributed by atoms with Crippen molar-refractivity contribution in [2.24, 2.45) is 0 Å². The van der Waals surface area contributed by atoms with E-state index < -0.39 is 0 Å². The lowest BCUT2D eigenvalue weighted by atomic mass is 10.1. The molecule has 0 fully saturated rings. The average molecular weight is 398 g/mol. The summed E-state index contributed by atoms with van der Waals surface area (Å²) >= 11 is 3.02. The number of amides is 2. The fourth-order valence-corrected chi connectivity index (χ4v) is 3.97. The first kappa shape index (κ1) is 19.1. The second-order valence-electron chi connectivity index (χ2n) is 5.84. The van der Waals surface area contributed by atoms with Crippen LogP contribution in [-0.4, -0.2) is 23.1 Å². The van der Waals surface area contributed by atoms with Crippen LogP contribution < -0.4 is 10.9 Å². The summed E-state index contributed by atoms with van der Waals surface area (Å²) in [5, 5.41) is 0.772. The quantitative estimate of drug-likeness (QED) is 0.637. The molecule has 0 aliphatic heterocycles. The Balaban J connectivity index is 1.64. The van der Waals surface area contributed by atoms with Gasteiger partial charge in [0, 0.05) is 16.9 Å². The first-order chi connectivity index (χ1) is 13.1. The molecule has 0 saturated carbocycles. The van der Waals surface area contributed by atoms with Crippen molar-refractivity contribution >= 4 is 34.9 Å². The summed E-state index contributed by atoms with van der Waals surface area (Å²) in [6.45, 7) is 1.78. The van der Waals surface area contributed by atoms with Crippen molar-refractivity contribution in [1.82, 2.24) is 15.8 Å². The third-order valence-corrected chi connectivity index (χ3v) is 5.67. The molecule has 2 amide bonds. The second kappa shape index (κ2) is 8.83. The summed E-state index contributed by atoms with van der Waals surface area (Å²) in [6, 6.07) is 17.0. The van der Waals surface area contributed by atoms with E-state index in [2.05, 4.69) is 15.8 Å². The predicted molar refractivity (Wildman–Crippen MR) is 111 cm³/mol.